The number of hydrogen-bond acceptors (Lipinski definition) is 2. The van der Waals surface area contributed by atoms with Crippen molar-refractivity contribution in [3.05, 3.63) is 17.5 Å². The van der Waals surface area contributed by atoms with E-state index >= 15 is 0 Å². The third-order valence-electron chi connectivity index (χ3n) is 3.43. The number of nitrogens with zero attached hydrogens (tertiary/aromatic N) is 2. The lowest BCUT2D eigenvalue weighted by molar-refractivity contribution is -0.000933. The molecule has 0 amide bonds. The Morgan fingerprint density at radius 2 is 2.36 bits per heavy atom. The first-order valence-corrected chi connectivity index (χ1v) is 5.31. The molecule has 14 heavy (non-hydrogen) atoms. The second kappa shape index (κ2) is 3.39. The quantitative estimate of drug-likeness (QED) is 0.776. The first-order valence-electron chi connectivity index (χ1n) is 5.31. The molecule has 1 aromatic heterocycles. The Hall–Kier alpha value is -0.830. The molecular formula is C11H18N2O. The summed E-state index contributed by atoms with van der Waals surface area (Å²) in [5.74, 6) is 0.974. The van der Waals surface area contributed by atoms with Crippen LogP contribution in [-0.4, -0.2) is 21.0 Å². The van der Waals surface area contributed by atoms with Gasteiger partial charge < -0.3 is 5.11 Å². The van der Waals surface area contributed by atoms with Gasteiger partial charge in [-0.15, -0.1) is 0 Å². The summed E-state index contributed by atoms with van der Waals surface area (Å²) < 4.78 is 1.86. The summed E-state index contributed by atoms with van der Waals surface area (Å²) in [6, 6.07) is 0. The van der Waals surface area contributed by atoms with Crippen LogP contribution in [-0.2, 0) is 7.05 Å². The molecule has 1 aliphatic carbocycles. The van der Waals surface area contributed by atoms with Crippen molar-refractivity contribution < 1.29 is 5.11 Å². The Bertz CT molecular complexity index is 332. The van der Waals surface area contributed by atoms with Crippen LogP contribution in [0.3, 0.4) is 0 Å². The molecule has 3 unspecified atom stereocenters. The van der Waals surface area contributed by atoms with E-state index in [1.165, 1.54) is 5.56 Å². The van der Waals surface area contributed by atoms with Crippen LogP contribution in [0.2, 0.25) is 0 Å². The van der Waals surface area contributed by atoms with Crippen molar-refractivity contribution in [3.8, 4) is 0 Å². The maximum Gasteiger partial charge on any atom is 0.0628 e. The van der Waals surface area contributed by atoms with Gasteiger partial charge in [-0.3, -0.25) is 4.68 Å². The van der Waals surface area contributed by atoms with Gasteiger partial charge >= 0.3 is 0 Å². The van der Waals surface area contributed by atoms with Gasteiger partial charge in [-0.05, 0) is 30.7 Å². The zero-order valence-corrected chi connectivity index (χ0v) is 9.07. The molecular weight excluding hydrogens is 176 g/mol. The third-order valence-corrected chi connectivity index (χ3v) is 3.43. The van der Waals surface area contributed by atoms with Crippen LogP contribution in [0.15, 0.2) is 6.20 Å². The molecule has 78 valence electrons. The first kappa shape index (κ1) is 9.71. The molecule has 0 aliphatic heterocycles. The highest BCUT2D eigenvalue weighted by Gasteiger charge is 2.40. The molecule has 0 aromatic carbocycles. The molecule has 0 bridgehead atoms. The normalized spacial score (nSPS) is 31.6. The van der Waals surface area contributed by atoms with Crippen molar-refractivity contribution in [2.24, 2.45) is 13.0 Å². The van der Waals surface area contributed by atoms with E-state index in [1.54, 1.807) is 0 Å². The average Bonchev–Trinajstić information content (AvgIpc) is 2.41. The SMILES string of the molecule is CCC1C(O)CC1c1cn(C)nc1C. The Balaban J connectivity index is 2.20. The lowest BCUT2D eigenvalue weighted by Gasteiger charge is -2.41. The van der Waals surface area contributed by atoms with Crippen LogP contribution in [0, 0.1) is 12.8 Å². The number of aryl methyl sites for hydroxylation is 2. The zero-order valence-electron chi connectivity index (χ0n) is 9.07. The summed E-state index contributed by atoms with van der Waals surface area (Å²) in [5, 5.41) is 14.0. The molecule has 3 nitrogen and oxygen atoms in total. The Labute approximate surface area is 84.7 Å². The number of hydrogen-bond donors (Lipinski definition) is 1. The van der Waals surface area contributed by atoms with Gasteiger partial charge in [0.1, 0.15) is 0 Å². The molecule has 1 saturated carbocycles. The van der Waals surface area contributed by atoms with Gasteiger partial charge in [-0.2, -0.15) is 5.10 Å². The molecule has 2 rings (SSSR count). The number of aliphatic hydroxyl groups is 1. The summed E-state index contributed by atoms with van der Waals surface area (Å²) in [7, 11) is 1.95. The van der Waals surface area contributed by atoms with E-state index in [1.807, 2.05) is 18.7 Å². The van der Waals surface area contributed by atoms with Gasteiger partial charge in [0.15, 0.2) is 0 Å². The fraction of sp³-hybridized carbons (Fsp3) is 0.727. The first-order chi connectivity index (χ1) is 6.63. The van der Waals surface area contributed by atoms with Crippen molar-refractivity contribution in [1.82, 2.24) is 9.78 Å². The zero-order chi connectivity index (χ0) is 10.3. The van der Waals surface area contributed by atoms with E-state index < -0.39 is 0 Å². The lowest BCUT2D eigenvalue weighted by Crippen LogP contribution is -2.39. The van der Waals surface area contributed by atoms with E-state index in [0.717, 1.165) is 18.5 Å². The van der Waals surface area contributed by atoms with Crippen molar-refractivity contribution >= 4 is 0 Å². The highest BCUT2D eigenvalue weighted by Crippen LogP contribution is 2.45. The molecule has 1 fully saturated rings. The molecule has 3 heteroatoms. The van der Waals surface area contributed by atoms with E-state index in [2.05, 4.69) is 18.2 Å². The number of aliphatic hydroxyl groups excluding tert-OH is 1. The van der Waals surface area contributed by atoms with E-state index in [0.29, 0.717) is 11.8 Å². The molecule has 3 atom stereocenters. The minimum Gasteiger partial charge on any atom is -0.393 e. The van der Waals surface area contributed by atoms with Crippen molar-refractivity contribution in [3.63, 3.8) is 0 Å². The van der Waals surface area contributed by atoms with Gasteiger partial charge in [0.05, 0.1) is 11.8 Å². The molecule has 0 spiro atoms. The van der Waals surface area contributed by atoms with Crippen molar-refractivity contribution in [2.45, 2.75) is 38.7 Å². The fourth-order valence-corrected chi connectivity index (χ4v) is 2.58. The van der Waals surface area contributed by atoms with Crippen LogP contribution >= 0.6 is 0 Å². The predicted molar refractivity (Wildman–Crippen MR) is 55.1 cm³/mol. The highest BCUT2D eigenvalue weighted by atomic mass is 16.3. The molecule has 0 saturated heterocycles. The maximum absolute atomic E-state index is 9.61. The van der Waals surface area contributed by atoms with Crippen molar-refractivity contribution in [1.29, 1.82) is 0 Å². The number of aromatic nitrogens is 2. The topological polar surface area (TPSA) is 38.0 Å². The van der Waals surface area contributed by atoms with Crippen LogP contribution in [0.4, 0.5) is 0 Å². The van der Waals surface area contributed by atoms with Crippen LogP contribution < -0.4 is 0 Å². The summed E-state index contributed by atoms with van der Waals surface area (Å²) in [5.41, 5.74) is 2.44. The maximum atomic E-state index is 9.61. The van der Waals surface area contributed by atoms with Gasteiger partial charge in [0.2, 0.25) is 0 Å². The fourth-order valence-electron chi connectivity index (χ4n) is 2.58. The number of rotatable bonds is 2. The monoisotopic (exact) mass is 194 g/mol. The lowest BCUT2D eigenvalue weighted by atomic mass is 9.66. The van der Waals surface area contributed by atoms with Crippen LogP contribution in [0.1, 0.15) is 36.9 Å². The van der Waals surface area contributed by atoms with Gasteiger partial charge in [0, 0.05) is 13.2 Å². The van der Waals surface area contributed by atoms with Crippen LogP contribution in [0.5, 0.6) is 0 Å². The van der Waals surface area contributed by atoms with E-state index in [-0.39, 0.29) is 6.10 Å². The second-order valence-electron chi connectivity index (χ2n) is 4.33. The van der Waals surface area contributed by atoms with E-state index in [9.17, 15) is 5.11 Å². The summed E-state index contributed by atoms with van der Waals surface area (Å²) in [6.07, 6.45) is 3.96. The minimum absolute atomic E-state index is 0.0930. The standard InChI is InChI=1S/C11H18N2O/c1-4-8-9(5-11(8)14)10-6-13(3)12-7(10)2/h6,8-9,11,14H,4-5H2,1-3H3. The largest absolute Gasteiger partial charge is 0.393 e. The Morgan fingerprint density at radius 3 is 2.79 bits per heavy atom. The second-order valence-corrected chi connectivity index (χ2v) is 4.33. The summed E-state index contributed by atoms with van der Waals surface area (Å²) >= 11 is 0. The van der Waals surface area contributed by atoms with E-state index in [4.69, 9.17) is 0 Å². The highest BCUT2D eigenvalue weighted by molar-refractivity contribution is 5.25. The van der Waals surface area contributed by atoms with Crippen LogP contribution in [0.25, 0.3) is 0 Å². The predicted octanol–water partition coefficient (Wildman–Crippen LogP) is 1.60. The van der Waals surface area contributed by atoms with Crippen molar-refractivity contribution in [2.75, 3.05) is 0 Å². The Kier molecular flexibility index (Phi) is 2.35. The van der Waals surface area contributed by atoms with Gasteiger partial charge in [-0.25, -0.2) is 0 Å². The smallest absolute Gasteiger partial charge is 0.0628 e. The summed E-state index contributed by atoms with van der Waals surface area (Å²) in [4.78, 5) is 0. The minimum atomic E-state index is -0.0930. The Morgan fingerprint density at radius 1 is 1.64 bits per heavy atom. The third kappa shape index (κ3) is 1.36. The van der Waals surface area contributed by atoms with Gasteiger partial charge in [0.25, 0.3) is 0 Å². The molecule has 1 N–H and O–H groups in total. The molecule has 1 heterocycles. The summed E-state index contributed by atoms with van der Waals surface area (Å²) in [6.45, 7) is 4.19. The molecule has 1 aliphatic rings. The molecule has 0 radical (unpaired) electrons. The molecule has 1 aromatic rings. The van der Waals surface area contributed by atoms with Gasteiger partial charge in [-0.1, -0.05) is 13.3 Å². The average molecular weight is 194 g/mol.